The van der Waals surface area contributed by atoms with Crippen LogP contribution >= 0.6 is 11.6 Å². The van der Waals surface area contributed by atoms with Crippen molar-refractivity contribution in [2.75, 3.05) is 6.61 Å². The maximum Gasteiger partial charge on any atom is 0.489 e. The molecule has 5 nitrogen and oxygen atoms in total. The molecule has 1 aliphatic heterocycles. The van der Waals surface area contributed by atoms with Crippen molar-refractivity contribution in [2.45, 2.75) is 44.0 Å². The Morgan fingerprint density at radius 1 is 1.39 bits per heavy atom. The van der Waals surface area contributed by atoms with E-state index in [9.17, 15) is 14.4 Å². The number of alkyl halides is 1. The maximum atomic E-state index is 13.5. The molecule has 23 heavy (non-hydrogen) atoms. The van der Waals surface area contributed by atoms with Gasteiger partial charge in [-0.05, 0) is 42.8 Å². The lowest BCUT2D eigenvalue weighted by atomic mass is 9.73. The Bertz CT molecular complexity index is 748. The number of aromatic nitrogens is 2. The molecule has 2 fully saturated rings. The van der Waals surface area contributed by atoms with Gasteiger partial charge in [-0.25, -0.2) is 9.07 Å². The zero-order chi connectivity index (χ0) is 16.1. The van der Waals surface area contributed by atoms with Crippen molar-refractivity contribution in [1.29, 1.82) is 0 Å². The zero-order valence-electron chi connectivity index (χ0n) is 12.5. The Hall–Kier alpha value is -1.15. The molecule has 2 aromatic rings. The number of halogens is 2. The quantitative estimate of drug-likeness (QED) is 0.839. The highest BCUT2D eigenvalue weighted by molar-refractivity contribution is 6.63. The Labute approximate surface area is 138 Å². The third-order valence-corrected chi connectivity index (χ3v) is 5.02. The zero-order valence-corrected chi connectivity index (χ0v) is 13.2. The van der Waals surface area contributed by atoms with Crippen molar-refractivity contribution >= 4 is 35.1 Å². The Morgan fingerprint density at radius 3 is 2.78 bits per heavy atom. The van der Waals surface area contributed by atoms with E-state index in [1.165, 1.54) is 0 Å². The Morgan fingerprint density at radius 2 is 2.17 bits per heavy atom. The summed E-state index contributed by atoms with van der Waals surface area (Å²) in [5.41, 5.74) is 1.44. The smallest absolute Gasteiger partial charge is 0.423 e. The number of fused-ring (bicyclic) bond motifs is 1. The Balaban J connectivity index is 1.87. The van der Waals surface area contributed by atoms with Crippen LogP contribution in [0.1, 0.15) is 43.4 Å². The highest BCUT2D eigenvalue weighted by Crippen LogP contribution is 2.46. The second-order valence-electron chi connectivity index (χ2n) is 6.26. The predicted molar refractivity (Wildman–Crippen MR) is 85.7 cm³/mol. The van der Waals surface area contributed by atoms with E-state index in [1.54, 1.807) is 16.9 Å². The van der Waals surface area contributed by atoms with Crippen molar-refractivity contribution in [2.24, 2.45) is 0 Å². The van der Waals surface area contributed by atoms with Gasteiger partial charge in [0.1, 0.15) is 6.17 Å². The number of nitrogens with zero attached hydrogens (tertiary/aromatic N) is 2. The molecule has 4 rings (SSSR count). The fourth-order valence-electron chi connectivity index (χ4n) is 3.46. The Kier molecular flexibility index (Phi) is 3.84. The number of ether oxygens (including phenoxy) is 1. The molecule has 0 spiro atoms. The van der Waals surface area contributed by atoms with E-state index in [0.717, 1.165) is 19.3 Å². The molecule has 0 radical (unpaired) electrons. The molecule has 3 unspecified atom stereocenters. The van der Waals surface area contributed by atoms with Crippen LogP contribution in [-0.2, 0) is 4.74 Å². The predicted octanol–water partition coefficient (Wildman–Crippen LogP) is 1.89. The summed E-state index contributed by atoms with van der Waals surface area (Å²) in [7, 11) is -1.72. The average molecular weight is 339 g/mol. The molecule has 0 bridgehead atoms. The summed E-state index contributed by atoms with van der Waals surface area (Å²) in [6, 6.07) is 1.73. The van der Waals surface area contributed by atoms with Crippen molar-refractivity contribution in [1.82, 2.24) is 9.78 Å². The van der Waals surface area contributed by atoms with Crippen molar-refractivity contribution < 1.29 is 19.2 Å². The molecular weight excluding hydrogens is 321 g/mol. The third kappa shape index (κ3) is 2.56. The lowest BCUT2D eigenvalue weighted by Gasteiger charge is -2.24. The van der Waals surface area contributed by atoms with Gasteiger partial charge in [-0.15, -0.1) is 0 Å². The first-order valence-corrected chi connectivity index (χ1v) is 8.27. The topological polar surface area (TPSA) is 67.5 Å². The number of benzene rings is 1. The molecule has 0 amide bonds. The normalized spacial score (nSPS) is 27.4. The fraction of sp³-hybridized carbons (Fsp3) is 0.533. The van der Waals surface area contributed by atoms with E-state index in [2.05, 4.69) is 5.10 Å². The standard InChI is InChI=1S/C15H17BClFN2O3/c17-10-6-12-9(7-19-20(12)13-3-1-2-4-23-13)15(16(21)22)14(10)8-5-11(8)18/h6-8,11,13,21-22H,1-5H2. The van der Waals surface area contributed by atoms with Gasteiger partial charge < -0.3 is 14.8 Å². The van der Waals surface area contributed by atoms with Crippen LogP contribution in [0.25, 0.3) is 10.9 Å². The van der Waals surface area contributed by atoms with Gasteiger partial charge >= 0.3 is 7.12 Å². The lowest BCUT2D eigenvalue weighted by Crippen LogP contribution is -2.34. The van der Waals surface area contributed by atoms with Gasteiger partial charge in [-0.3, -0.25) is 0 Å². The summed E-state index contributed by atoms with van der Waals surface area (Å²) in [4.78, 5) is 0. The van der Waals surface area contributed by atoms with Crippen molar-refractivity contribution in [3.05, 3.63) is 22.8 Å². The largest absolute Gasteiger partial charge is 0.489 e. The van der Waals surface area contributed by atoms with Crippen LogP contribution in [0.4, 0.5) is 4.39 Å². The monoisotopic (exact) mass is 338 g/mol. The van der Waals surface area contributed by atoms with Gasteiger partial charge in [0.05, 0.1) is 11.7 Å². The van der Waals surface area contributed by atoms with Crippen LogP contribution < -0.4 is 5.46 Å². The first-order valence-electron chi connectivity index (χ1n) is 7.89. The van der Waals surface area contributed by atoms with Crippen LogP contribution in [0.15, 0.2) is 12.3 Å². The van der Waals surface area contributed by atoms with Crippen LogP contribution in [0.5, 0.6) is 0 Å². The van der Waals surface area contributed by atoms with E-state index in [0.29, 0.717) is 34.5 Å². The van der Waals surface area contributed by atoms with Crippen molar-refractivity contribution in [3.63, 3.8) is 0 Å². The molecule has 122 valence electrons. The maximum absolute atomic E-state index is 13.5. The number of hydrogen-bond acceptors (Lipinski definition) is 4. The van der Waals surface area contributed by atoms with Gasteiger partial charge in [0.15, 0.2) is 6.23 Å². The van der Waals surface area contributed by atoms with Gasteiger partial charge in [0.2, 0.25) is 0 Å². The molecular formula is C15H17BClFN2O3. The minimum absolute atomic E-state index is 0.179. The molecule has 3 atom stereocenters. The average Bonchev–Trinajstić information content (AvgIpc) is 3.10. The van der Waals surface area contributed by atoms with E-state index in [-0.39, 0.29) is 17.6 Å². The van der Waals surface area contributed by atoms with Gasteiger partial charge in [0, 0.05) is 22.9 Å². The summed E-state index contributed by atoms with van der Waals surface area (Å²) < 4.78 is 21.0. The van der Waals surface area contributed by atoms with Crippen molar-refractivity contribution in [3.8, 4) is 0 Å². The summed E-state index contributed by atoms with van der Waals surface area (Å²) in [5, 5.41) is 24.9. The summed E-state index contributed by atoms with van der Waals surface area (Å²) in [6.07, 6.45) is 3.73. The molecule has 1 aromatic carbocycles. The third-order valence-electron chi connectivity index (χ3n) is 4.71. The van der Waals surface area contributed by atoms with Crippen LogP contribution in [0.2, 0.25) is 5.02 Å². The van der Waals surface area contributed by atoms with Gasteiger partial charge in [-0.2, -0.15) is 5.10 Å². The molecule has 1 saturated carbocycles. The molecule has 1 aromatic heterocycles. The first-order chi connectivity index (χ1) is 11.1. The molecule has 2 N–H and O–H groups in total. The minimum atomic E-state index is -1.72. The molecule has 1 aliphatic carbocycles. The van der Waals surface area contributed by atoms with Crippen LogP contribution in [0.3, 0.4) is 0 Å². The molecule has 2 heterocycles. The van der Waals surface area contributed by atoms with E-state index >= 15 is 0 Å². The minimum Gasteiger partial charge on any atom is -0.423 e. The summed E-state index contributed by atoms with van der Waals surface area (Å²) in [5.74, 6) is -0.363. The van der Waals surface area contributed by atoms with Gasteiger partial charge in [0.25, 0.3) is 0 Å². The van der Waals surface area contributed by atoms with Crippen LogP contribution in [-0.4, -0.2) is 39.7 Å². The second-order valence-corrected chi connectivity index (χ2v) is 6.67. The van der Waals surface area contributed by atoms with Crippen LogP contribution in [0, 0.1) is 0 Å². The van der Waals surface area contributed by atoms with E-state index in [1.807, 2.05) is 0 Å². The second kappa shape index (κ2) is 5.74. The SMILES string of the molecule is OB(O)c1c(C2CC2F)c(Cl)cc2c1cnn2C1CCCCO1. The summed E-state index contributed by atoms with van der Waals surface area (Å²) in [6.45, 7) is 0.679. The highest BCUT2D eigenvalue weighted by Gasteiger charge is 2.43. The fourth-order valence-corrected chi connectivity index (χ4v) is 3.80. The molecule has 2 aliphatic rings. The van der Waals surface area contributed by atoms with E-state index < -0.39 is 13.3 Å². The van der Waals surface area contributed by atoms with Gasteiger partial charge in [-0.1, -0.05) is 11.6 Å². The summed E-state index contributed by atoms with van der Waals surface area (Å²) >= 11 is 6.35. The lowest BCUT2D eigenvalue weighted by molar-refractivity contribution is -0.0366. The first kappa shape index (κ1) is 15.4. The number of hydrogen-bond donors (Lipinski definition) is 2. The highest BCUT2D eigenvalue weighted by atomic mass is 35.5. The molecule has 8 heteroatoms. The number of rotatable bonds is 3. The molecule has 1 saturated heterocycles. The van der Waals surface area contributed by atoms with E-state index in [4.69, 9.17) is 16.3 Å².